The van der Waals surface area contributed by atoms with Crippen LogP contribution in [-0.2, 0) is 0 Å². The summed E-state index contributed by atoms with van der Waals surface area (Å²) < 4.78 is 6.20. The van der Waals surface area contributed by atoms with Gasteiger partial charge in [0.15, 0.2) is 5.69 Å². The van der Waals surface area contributed by atoms with E-state index in [9.17, 15) is 4.79 Å². The monoisotopic (exact) mass is 404 g/mol. The lowest BCUT2D eigenvalue weighted by molar-refractivity contribution is 0.0309. The number of nitrogens with zero attached hydrogens (tertiary/aromatic N) is 6. The maximum absolute atomic E-state index is 13.7. The van der Waals surface area contributed by atoms with Gasteiger partial charge in [-0.25, -0.2) is 9.97 Å². The summed E-state index contributed by atoms with van der Waals surface area (Å²) in [4.78, 5) is 26.0. The van der Waals surface area contributed by atoms with Crippen LogP contribution < -0.4 is 4.74 Å². The molecular formula is C22H24N6O2. The average molecular weight is 404 g/mol. The lowest BCUT2D eigenvalue weighted by Gasteiger charge is -2.37. The molecule has 4 atom stereocenters. The molecule has 0 N–H and O–H groups in total. The second-order valence-electron chi connectivity index (χ2n) is 8.22. The average Bonchev–Trinajstić information content (AvgIpc) is 3.46. The molecule has 1 saturated carbocycles. The molecule has 3 aromatic heterocycles. The van der Waals surface area contributed by atoms with Crippen LogP contribution in [0.3, 0.4) is 0 Å². The van der Waals surface area contributed by atoms with E-state index in [2.05, 4.69) is 27.1 Å². The summed E-state index contributed by atoms with van der Waals surface area (Å²) in [6.07, 6.45) is 6.78. The van der Waals surface area contributed by atoms with E-state index in [-0.39, 0.29) is 24.1 Å². The van der Waals surface area contributed by atoms with E-state index in [1.807, 2.05) is 43.0 Å². The molecule has 2 bridgehead atoms. The fraction of sp³-hybridized carbons (Fsp3) is 0.409. The number of pyridine rings is 2. The van der Waals surface area contributed by atoms with Gasteiger partial charge in [-0.1, -0.05) is 6.07 Å². The number of aromatic nitrogens is 5. The van der Waals surface area contributed by atoms with Crippen molar-refractivity contribution >= 4 is 5.91 Å². The molecule has 2 fully saturated rings. The molecule has 4 heterocycles. The van der Waals surface area contributed by atoms with Crippen molar-refractivity contribution < 1.29 is 9.53 Å². The summed E-state index contributed by atoms with van der Waals surface area (Å²) in [6.45, 7) is 5.99. The molecule has 1 aliphatic heterocycles. The number of hydrogen-bond acceptors (Lipinski definition) is 6. The first-order valence-corrected chi connectivity index (χ1v) is 10.3. The molecule has 0 unspecified atom stereocenters. The van der Waals surface area contributed by atoms with Crippen LogP contribution in [0.4, 0.5) is 0 Å². The van der Waals surface area contributed by atoms with Gasteiger partial charge in [0.05, 0.1) is 18.4 Å². The number of carbonyl (C=O) groups excluding carboxylic acids is 1. The van der Waals surface area contributed by atoms with Gasteiger partial charge in [-0.3, -0.25) is 4.79 Å². The Hall–Kier alpha value is -3.29. The number of ether oxygens (including phenoxy) is 1. The van der Waals surface area contributed by atoms with Crippen LogP contribution >= 0.6 is 0 Å². The van der Waals surface area contributed by atoms with Crippen LogP contribution in [0.5, 0.6) is 5.88 Å². The van der Waals surface area contributed by atoms with Gasteiger partial charge in [0.1, 0.15) is 11.8 Å². The lowest BCUT2D eigenvalue weighted by atomic mass is 9.98. The summed E-state index contributed by atoms with van der Waals surface area (Å²) in [5.41, 5.74) is 2.83. The number of amides is 1. The zero-order chi connectivity index (χ0) is 20.8. The SMILES string of the molecule is Cc1ccc(O[C@@H]2C[C@H]3C[C@@H]2N(C(=O)c2nc(C)ccc2-n2nccn2)[C@@H]3C)nc1. The molecule has 2 aliphatic rings. The predicted molar refractivity (Wildman–Crippen MR) is 109 cm³/mol. The molecule has 3 aromatic rings. The molecule has 1 aliphatic carbocycles. The van der Waals surface area contributed by atoms with Crippen LogP contribution in [0.15, 0.2) is 42.9 Å². The highest BCUT2D eigenvalue weighted by atomic mass is 16.5. The number of aryl methyl sites for hydroxylation is 2. The lowest BCUT2D eigenvalue weighted by Crippen LogP contribution is -2.51. The Morgan fingerprint density at radius 1 is 1.10 bits per heavy atom. The van der Waals surface area contributed by atoms with E-state index in [0.717, 1.165) is 24.1 Å². The summed E-state index contributed by atoms with van der Waals surface area (Å²) >= 11 is 0. The van der Waals surface area contributed by atoms with E-state index in [0.29, 0.717) is 23.2 Å². The third kappa shape index (κ3) is 3.12. The molecule has 1 saturated heterocycles. The Morgan fingerprint density at radius 2 is 1.90 bits per heavy atom. The zero-order valence-corrected chi connectivity index (χ0v) is 17.3. The highest BCUT2D eigenvalue weighted by Gasteiger charge is 2.53. The summed E-state index contributed by atoms with van der Waals surface area (Å²) in [7, 11) is 0. The largest absolute Gasteiger partial charge is 0.472 e. The maximum atomic E-state index is 13.7. The van der Waals surface area contributed by atoms with E-state index in [1.54, 1.807) is 18.6 Å². The minimum atomic E-state index is -0.101. The minimum Gasteiger partial charge on any atom is -0.472 e. The Morgan fingerprint density at radius 3 is 2.60 bits per heavy atom. The van der Waals surface area contributed by atoms with Gasteiger partial charge in [0.2, 0.25) is 5.88 Å². The molecule has 0 spiro atoms. The van der Waals surface area contributed by atoms with Gasteiger partial charge in [-0.05, 0) is 57.2 Å². The molecular weight excluding hydrogens is 380 g/mol. The minimum absolute atomic E-state index is 0.00125. The number of carbonyl (C=O) groups is 1. The molecule has 8 heteroatoms. The van der Waals surface area contributed by atoms with Crippen molar-refractivity contribution in [2.24, 2.45) is 5.92 Å². The van der Waals surface area contributed by atoms with Crippen molar-refractivity contribution in [3.8, 4) is 11.6 Å². The standard InChI is InChI=1S/C22H24N6O2/c1-13-4-7-20(23-12-13)30-19-11-16-10-18(19)27(15(16)3)22(29)21-17(6-5-14(2)26-21)28-24-8-9-25-28/h4-9,12,15-16,18-19H,10-11H2,1-3H3/t15-,16-,18+,19-/m1/s1. The Bertz CT molecular complexity index is 1070. The Labute approximate surface area is 174 Å². The first-order valence-electron chi connectivity index (χ1n) is 10.3. The third-order valence-corrected chi connectivity index (χ3v) is 6.23. The van der Waals surface area contributed by atoms with E-state index in [1.165, 1.54) is 4.80 Å². The van der Waals surface area contributed by atoms with Gasteiger partial charge >= 0.3 is 0 Å². The highest BCUT2D eigenvalue weighted by Crippen LogP contribution is 2.44. The first-order chi connectivity index (χ1) is 14.5. The van der Waals surface area contributed by atoms with Crippen LogP contribution in [-0.4, -0.2) is 54.0 Å². The van der Waals surface area contributed by atoms with E-state index in [4.69, 9.17) is 4.74 Å². The second-order valence-corrected chi connectivity index (χ2v) is 8.22. The number of rotatable bonds is 4. The fourth-order valence-corrected chi connectivity index (χ4v) is 4.70. The van der Waals surface area contributed by atoms with Crippen LogP contribution in [0.2, 0.25) is 0 Å². The Kier molecular flexibility index (Phi) is 4.49. The highest BCUT2D eigenvalue weighted by molar-refractivity contribution is 5.96. The molecule has 8 nitrogen and oxygen atoms in total. The summed E-state index contributed by atoms with van der Waals surface area (Å²) in [5, 5.41) is 8.39. The van der Waals surface area contributed by atoms with Gasteiger partial charge in [0.25, 0.3) is 5.91 Å². The smallest absolute Gasteiger partial charge is 0.275 e. The van der Waals surface area contributed by atoms with Crippen molar-refractivity contribution in [3.05, 3.63) is 59.8 Å². The first kappa shape index (κ1) is 18.7. The van der Waals surface area contributed by atoms with Crippen molar-refractivity contribution in [2.75, 3.05) is 0 Å². The number of likely N-dealkylation sites (tertiary alicyclic amines) is 1. The van der Waals surface area contributed by atoms with Crippen LogP contribution in [0.25, 0.3) is 5.69 Å². The van der Waals surface area contributed by atoms with Crippen LogP contribution in [0, 0.1) is 19.8 Å². The van der Waals surface area contributed by atoms with Crippen molar-refractivity contribution in [2.45, 2.75) is 51.8 Å². The van der Waals surface area contributed by atoms with E-state index < -0.39 is 0 Å². The number of fused-ring (bicyclic) bond motifs is 2. The van der Waals surface area contributed by atoms with Crippen molar-refractivity contribution in [1.82, 2.24) is 29.9 Å². The predicted octanol–water partition coefficient (Wildman–Crippen LogP) is 2.74. The van der Waals surface area contributed by atoms with Gasteiger partial charge in [-0.15, -0.1) is 4.80 Å². The quantitative estimate of drug-likeness (QED) is 0.665. The fourth-order valence-electron chi connectivity index (χ4n) is 4.70. The molecule has 0 radical (unpaired) electrons. The molecule has 0 aromatic carbocycles. The second kappa shape index (κ2) is 7.19. The number of hydrogen-bond donors (Lipinski definition) is 0. The van der Waals surface area contributed by atoms with Gasteiger partial charge in [-0.2, -0.15) is 10.2 Å². The Balaban J connectivity index is 1.45. The van der Waals surface area contributed by atoms with E-state index >= 15 is 0 Å². The molecule has 5 rings (SSSR count). The molecule has 154 valence electrons. The van der Waals surface area contributed by atoms with Crippen molar-refractivity contribution in [3.63, 3.8) is 0 Å². The normalized spacial score (nSPS) is 25.0. The van der Waals surface area contributed by atoms with Crippen molar-refractivity contribution in [1.29, 1.82) is 0 Å². The summed E-state index contributed by atoms with van der Waals surface area (Å²) in [5.74, 6) is 0.912. The number of piperidine rings is 1. The summed E-state index contributed by atoms with van der Waals surface area (Å²) in [6, 6.07) is 7.72. The van der Waals surface area contributed by atoms with Gasteiger partial charge < -0.3 is 9.64 Å². The van der Waals surface area contributed by atoms with Gasteiger partial charge in [0, 0.05) is 24.0 Å². The molecule has 1 amide bonds. The maximum Gasteiger partial charge on any atom is 0.275 e. The third-order valence-electron chi connectivity index (χ3n) is 6.23. The molecule has 30 heavy (non-hydrogen) atoms. The zero-order valence-electron chi connectivity index (χ0n) is 17.3. The topological polar surface area (TPSA) is 86.0 Å². The van der Waals surface area contributed by atoms with Crippen LogP contribution in [0.1, 0.15) is 41.5 Å².